The average molecular weight is 483 g/mol. The van der Waals surface area contributed by atoms with Gasteiger partial charge in [-0.15, -0.1) is 0 Å². The molecule has 0 nitrogen and oxygen atoms in total. The lowest BCUT2D eigenvalue weighted by Gasteiger charge is -2.18. The largest absolute Gasteiger partial charge is 0.0628 e. The number of benzene rings is 4. The highest BCUT2D eigenvalue weighted by Gasteiger charge is 2.14. The summed E-state index contributed by atoms with van der Waals surface area (Å²) in [6.45, 7) is 14.3. The van der Waals surface area contributed by atoms with E-state index in [0.29, 0.717) is 0 Å². The number of aryl methyl sites for hydroxylation is 2. The fraction of sp³-hybridized carbons (Fsp3) is 0.556. The molecule has 0 saturated carbocycles. The van der Waals surface area contributed by atoms with E-state index in [1.54, 1.807) is 0 Å². The molecule has 0 saturated heterocycles. The molecule has 0 heterocycles. The molecular weight excluding hydrogens is 432 g/mol. The maximum Gasteiger partial charge on any atom is -0.00239 e. The van der Waals surface area contributed by atoms with Crippen LogP contribution in [0.1, 0.15) is 104 Å². The van der Waals surface area contributed by atoms with Crippen molar-refractivity contribution in [1.82, 2.24) is 0 Å². The van der Waals surface area contributed by atoms with Crippen molar-refractivity contribution in [2.75, 3.05) is 0 Å². The van der Waals surface area contributed by atoms with Gasteiger partial charge < -0.3 is 0 Å². The van der Waals surface area contributed by atoms with E-state index < -0.39 is 0 Å². The second-order valence-corrected chi connectivity index (χ2v) is 12.8. The van der Waals surface area contributed by atoms with Gasteiger partial charge in [-0.25, -0.2) is 0 Å². The predicted molar refractivity (Wildman–Crippen MR) is 162 cm³/mol. The molecule has 2 atom stereocenters. The zero-order chi connectivity index (χ0) is 25.7. The summed E-state index contributed by atoms with van der Waals surface area (Å²) in [6, 6.07) is 19.1. The van der Waals surface area contributed by atoms with Gasteiger partial charge in [0.1, 0.15) is 0 Å². The van der Waals surface area contributed by atoms with Crippen LogP contribution in [0.15, 0.2) is 48.5 Å². The highest BCUT2D eigenvalue weighted by Crippen LogP contribution is 2.38. The second kappa shape index (κ2) is 12.4. The van der Waals surface area contributed by atoms with Crippen LogP contribution in [0, 0.1) is 23.7 Å². The van der Waals surface area contributed by atoms with Crippen LogP contribution in [0.2, 0.25) is 0 Å². The summed E-state index contributed by atoms with van der Waals surface area (Å²) in [7, 11) is 0. The lowest BCUT2D eigenvalue weighted by Crippen LogP contribution is -2.01. The molecule has 0 aliphatic rings. The van der Waals surface area contributed by atoms with Crippen LogP contribution in [0.5, 0.6) is 0 Å². The zero-order valence-corrected chi connectivity index (χ0v) is 24.0. The molecule has 0 spiro atoms. The third-order valence-electron chi connectivity index (χ3n) is 8.61. The SMILES string of the molecule is CC(C)CCCC(C)CCc1ccc2ccc3c(CCC(C)CCCC(C)C)ccc4ccc1c2c43. The molecule has 4 rings (SSSR count). The minimum absolute atomic E-state index is 0.802. The van der Waals surface area contributed by atoms with E-state index >= 15 is 0 Å². The molecular formula is C36H50. The first-order chi connectivity index (χ1) is 17.3. The standard InChI is InChI=1S/C36H50/c1-25(2)9-7-11-27(5)13-15-29-17-19-31-22-24-34-30(16-14-28(6)12-8-10-26(3)4)18-20-32-21-23-33(29)35(31)36(32)34/h17-28H,7-16H2,1-6H3. The molecule has 4 aromatic carbocycles. The van der Waals surface area contributed by atoms with Crippen LogP contribution in [0.25, 0.3) is 32.3 Å². The van der Waals surface area contributed by atoms with E-state index in [0.717, 1.165) is 23.7 Å². The maximum absolute atomic E-state index is 2.45. The van der Waals surface area contributed by atoms with E-state index in [1.165, 1.54) is 108 Å². The Morgan fingerprint density at radius 2 is 0.833 bits per heavy atom. The van der Waals surface area contributed by atoms with E-state index in [-0.39, 0.29) is 0 Å². The maximum atomic E-state index is 2.45. The Labute approximate surface area is 221 Å². The van der Waals surface area contributed by atoms with Crippen molar-refractivity contribution in [2.24, 2.45) is 23.7 Å². The molecule has 194 valence electrons. The van der Waals surface area contributed by atoms with Crippen LogP contribution in [-0.2, 0) is 12.8 Å². The molecule has 0 amide bonds. The van der Waals surface area contributed by atoms with Crippen LogP contribution < -0.4 is 0 Å². The van der Waals surface area contributed by atoms with Gasteiger partial charge in [-0.05, 0) is 92.8 Å². The Hall–Kier alpha value is -2.08. The van der Waals surface area contributed by atoms with Crippen molar-refractivity contribution < 1.29 is 0 Å². The normalized spacial score (nSPS) is 14.1. The summed E-state index contributed by atoms with van der Waals surface area (Å²) in [5.74, 6) is 3.26. The Kier molecular flexibility index (Phi) is 9.32. The van der Waals surface area contributed by atoms with Crippen molar-refractivity contribution in [3.05, 3.63) is 59.7 Å². The van der Waals surface area contributed by atoms with Crippen LogP contribution >= 0.6 is 0 Å². The molecule has 0 aliphatic carbocycles. The lowest BCUT2D eigenvalue weighted by molar-refractivity contribution is 0.437. The summed E-state index contributed by atoms with van der Waals surface area (Å²) >= 11 is 0. The first kappa shape index (κ1) is 27.0. The van der Waals surface area contributed by atoms with E-state index in [4.69, 9.17) is 0 Å². The van der Waals surface area contributed by atoms with Gasteiger partial charge in [0.2, 0.25) is 0 Å². The molecule has 0 aliphatic heterocycles. The highest BCUT2D eigenvalue weighted by molar-refractivity contribution is 6.24. The number of hydrogen-bond acceptors (Lipinski definition) is 0. The molecule has 0 fully saturated rings. The fourth-order valence-electron chi connectivity index (χ4n) is 6.20. The first-order valence-corrected chi connectivity index (χ1v) is 15.0. The van der Waals surface area contributed by atoms with Crippen LogP contribution in [0.3, 0.4) is 0 Å². The fourth-order valence-corrected chi connectivity index (χ4v) is 6.20. The molecule has 0 aromatic heterocycles. The Morgan fingerprint density at radius 3 is 1.22 bits per heavy atom. The molecule has 0 radical (unpaired) electrons. The van der Waals surface area contributed by atoms with Crippen molar-refractivity contribution in [1.29, 1.82) is 0 Å². The van der Waals surface area contributed by atoms with E-state index in [1.807, 2.05) is 0 Å². The molecule has 36 heavy (non-hydrogen) atoms. The van der Waals surface area contributed by atoms with Gasteiger partial charge in [-0.3, -0.25) is 0 Å². The van der Waals surface area contributed by atoms with E-state index in [2.05, 4.69) is 90.1 Å². The van der Waals surface area contributed by atoms with Gasteiger partial charge in [0.05, 0.1) is 0 Å². The minimum Gasteiger partial charge on any atom is -0.0628 e. The Balaban J connectivity index is 1.54. The van der Waals surface area contributed by atoms with Gasteiger partial charge in [0.25, 0.3) is 0 Å². The third kappa shape index (κ3) is 6.62. The minimum atomic E-state index is 0.802. The van der Waals surface area contributed by atoms with Crippen molar-refractivity contribution in [3.63, 3.8) is 0 Å². The first-order valence-electron chi connectivity index (χ1n) is 15.0. The molecule has 0 N–H and O–H groups in total. The summed E-state index contributed by atoms with van der Waals surface area (Å²) in [5.41, 5.74) is 3.08. The van der Waals surface area contributed by atoms with Crippen LogP contribution in [-0.4, -0.2) is 0 Å². The third-order valence-corrected chi connectivity index (χ3v) is 8.61. The highest BCUT2D eigenvalue weighted by atomic mass is 14.2. The Morgan fingerprint density at radius 1 is 0.444 bits per heavy atom. The lowest BCUT2D eigenvalue weighted by atomic mass is 9.86. The number of rotatable bonds is 14. The summed E-state index contributed by atoms with van der Waals surface area (Å²) < 4.78 is 0. The van der Waals surface area contributed by atoms with Gasteiger partial charge in [0, 0.05) is 0 Å². The quantitative estimate of drug-likeness (QED) is 0.157. The Bertz CT molecular complexity index is 1130. The summed E-state index contributed by atoms with van der Waals surface area (Å²) in [5, 5.41) is 8.77. The van der Waals surface area contributed by atoms with E-state index in [9.17, 15) is 0 Å². The molecule has 4 aromatic rings. The van der Waals surface area contributed by atoms with Crippen molar-refractivity contribution in [3.8, 4) is 0 Å². The molecule has 0 heteroatoms. The average Bonchev–Trinajstić information content (AvgIpc) is 2.85. The number of hydrogen-bond donors (Lipinski definition) is 0. The smallest absolute Gasteiger partial charge is 0.00239 e. The molecule has 2 unspecified atom stereocenters. The van der Waals surface area contributed by atoms with Crippen LogP contribution in [0.4, 0.5) is 0 Å². The summed E-state index contributed by atoms with van der Waals surface area (Å²) in [4.78, 5) is 0. The van der Waals surface area contributed by atoms with Gasteiger partial charge in [0.15, 0.2) is 0 Å². The summed E-state index contributed by atoms with van der Waals surface area (Å²) in [6.07, 6.45) is 13.2. The molecule has 0 bridgehead atoms. The topological polar surface area (TPSA) is 0 Å². The van der Waals surface area contributed by atoms with Gasteiger partial charge in [-0.1, -0.05) is 129 Å². The van der Waals surface area contributed by atoms with Gasteiger partial charge in [-0.2, -0.15) is 0 Å². The monoisotopic (exact) mass is 482 g/mol. The second-order valence-electron chi connectivity index (χ2n) is 12.8. The van der Waals surface area contributed by atoms with Crippen molar-refractivity contribution >= 4 is 32.3 Å². The zero-order valence-electron chi connectivity index (χ0n) is 24.0. The van der Waals surface area contributed by atoms with Crippen molar-refractivity contribution in [2.45, 2.75) is 106 Å². The predicted octanol–water partition coefficient (Wildman–Crippen LogP) is 11.4. The van der Waals surface area contributed by atoms with Gasteiger partial charge >= 0.3 is 0 Å².